The van der Waals surface area contributed by atoms with E-state index in [-0.39, 0.29) is 25.2 Å². The summed E-state index contributed by atoms with van der Waals surface area (Å²) in [6.45, 7) is -0.0159. The van der Waals surface area contributed by atoms with E-state index in [4.69, 9.17) is 9.47 Å². The molecule has 160 valence electrons. The lowest BCUT2D eigenvalue weighted by Gasteiger charge is -2.08. The van der Waals surface area contributed by atoms with Gasteiger partial charge in [-0.05, 0) is 54.6 Å². The van der Waals surface area contributed by atoms with Gasteiger partial charge in [-0.25, -0.2) is 4.98 Å². The summed E-state index contributed by atoms with van der Waals surface area (Å²) in [5, 5.41) is 5.39. The Labute approximate surface area is 183 Å². The number of carbonyl (C=O) groups is 2. The van der Waals surface area contributed by atoms with Crippen molar-refractivity contribution in [2.45, 2.75) is 0 Å². The molecule has 2 amide bonds. The zero-order valence-electron chi connectivity index (χ0n) is 17.3. The van der Waals surface area contributed by atoms with Crippen molar-refractivity contribution < 1.29 is 19.1 Å². The lowest BCUT2D eigenvalue weighted by molar-refractivity contribution is -0.115. The summed E-state index contributed by atoms with van der Waals surface area (Å²) in [5.74, 6) is 1.27. The van der Waals surface area contributed by atoms with E-state index in [0.29, 0.717) is 22.7 Å². The highest BCUT2D eigenvalue weighted by molar-refractivity contribution is 5.99. The number of aryl methyl sites for hydroxylation is 1. The van der Waals surface area contributed by atoms with Crippen molar-refractivity contribution in [1.82, 2.24) is 14.9 Å². The molecule has 0 radical (unpaired) electrons. The Morgan fingerprint density at radius 3 is 2.59 bits per heavy atom. The Hall–Kier alpha value is -4.33. The molecule has 0 unspecified atom stereocenters. The minimum absolute atomic E-state index is 0.137. The van der Waals surface area contributed by atoms with Crippen molar-refractivity contribution in [3.8, 4) is 22.9 Å². The average molecular weight is 428 g/mol. The Balaban J connectivity index is 1.20. The number of fused-ring (bicyclic) bond motifs is 2. The number of carbonyl (C=O) groups excluding carboxylic acids is 2. The van der Waals surface area contributed by atoms with Crippen LogP contribution in [0.3, 0.4) is 0 Å². The molecule has 8 nitrogen and oxygen atoms in total. The molecule has 2 N–H and O–H groups in total. The molecule has 0 saturated heterocycles. The van der Waals surface area contributed by atoms with Gasteiger partial charge in [-0.15, -0.1) is 0 Å². The maximum atomic E-state index is 12.3. The van der Waals surface area contributed by atoms with Crippen LogP contribution in [0, 0.1) is 0 Å². The van der Waals surface area contributed by atoms with Crippen LogP contribution in [0.1, 0.15) is 10.4 Å². The molecular formula is C24H20N4O4. The number of hydrogen-bond donors (Lipinski definition) is 2. The normalized spacial score (nSPS) is 12.0. The number of amides is 2. The number of nitrogens with zero attached hydrogens (tertiary/aromatic N) is 2. The summed E-state index contributed by atoms with van der Waals surface area (Å²) >= 11 is 0. The fourth-order valence-electron chi connectivity index (χ4n) is 3.61. The van der Waals surface area contributed by atoms with Crippen LogP contribution in [-0.2, 0) is 11.8 Å². The molecule has 0 atom stereocenters. The van der Waals surface area contributed by atoms with Crippen LogP contribution >= 0.6 is 0 Å². The maximum absolute atomic E-state index is 12.3. The van der Waals surface area contributed by atoms with Crippen LogP contribution in [0.5, 0.6) is 11.5 Å². The van der Waals surface area contributed by atoms with Gasteiger partial charge in [0, 0.05) is 23.9 Å². The van der Waals surface area contributed by atoms with E-state index in [1.165, 1.54) is 0 Å². The second-order valence-electron chi connectivity index (χ2n) is 7.36. The summed E-state index contributed by atoms with van der Waals surface area (Å²) in [5.41, 5.74) is 3.96. The molecule has 3 aromatic carbocycles. The van der Waals surface area contributed by atoms with Gasteiger partial charge >= 0.3 is 0 Å². The first kappa shape index (κ1) is 19.6. The summed E-state index contributed by atoms with van der Waals surface area (Å²) in [6.07, 6.45) is 0. The lowest BCUT2D eigenvalue weighted by Crippen LogP contribution is -2.32. The molecule has 0 fully saturated rings. The highest BCUT2D eigenvalue weighted by atomic mass is 16.7. The van der Waals surface area contributed by atoms with Crippen LogP contribution in [-0.4, -0.2) is 34.7 Å². The third-order valence-electron chi connectivity index (χ3n) is 5.26. The third kappa shape index (κ3) is 3.74. The first-order valence-corrected chi connectivity index (χ1v) is 10.1. The molecule has 4 aromatic rings. The first-order valence-electron chi connectivity index (χ1n) is 10.1. The molecule has 0 spiro atoms. The van der Waals surface area contributed by atoms with E-state index < -0.39 is 0 Å². The lowest BCUT2D eigenvalue weighted by atomic mass is 10.2. The van der Waals surface area contributed by atoms with Crippen molar-refractivity contribution in [2.75, 3.05) is 18.7 Å². The topological polar surface area (TPSA) is 94.5 Å². The van der Waals surface area contributed by atoms with Crippen LogP contribution in [0.25, 0.3) is 22.4 Å². The van der Waals surface area contributed by atoms with Crippen molar-refractivity contribution >= 4 is 28.5 Å². The van der Waals surface area contributed by atoms with Gasteiger partial charge in [0.15, 0.2) is 11.5 Å². The predicted molar refractivity (Wildman–Crippen MR) is 120 cm³/mol. The standard InChI is InChI=1S/C24H20N4O4/c1-28-19-5-3-2-4-18(19)27-23(28)15-6-9-17(10-7-15)26-22(29)13-25-24(30)16-8-11-20-21(12-16)32-14-31-20/h2-12H,13-14H2,1H3,(H,25,30)(H,26,29). The van der Waals surface area contributed by atoms with Gasteiger partial charge in [-0.2, -0.15) is 0 Å². The van der Waals surface area contributed by atoms with Gasteiger partial charge < -0.3 is 24.7 Å². The van der Waals surface area contributed by atoms with E-state index >= 15 is 0 Å². The van der Waals surface area contributed by atoms with E-state index in [1.54, 1.807) is 18.2 Å². The fraction of sp³-hybridized carbons (Fsp3) is 0.125. The van der Waals surface area contributed by atoms with Crippen LogP contribution < -0.4 is 20.1 Å². The second kappa shape index (κ2) is 8.07. The summed E-state index contributed by atoms with van der Waals surface area (Å²) in [4.78, 5) is 29.3. The Bertz CT molecular complexity index is 1330. The molecule has 2 heterocycles. The Morgan fingerprint density at radius 1 is 1.00 bits per heavy atom. The first-order chi connectivity index (χ1) is 15.6. The number of imidazole rings is 1. The van der Waals surface area contributed by atoms with E-state index in [2.05, 4.69) is 15.6 Å². The zero-order valence-corrected chi connectivity index (χ0v) is 17.3. The van der Waals surface area contributed by atoms with E-state index in [1.807, 2.05) is 60.1 Å². The summed E-state index contributed by atoms with van der Waals surface area (Å²) < 4.78 is 12.5. The van der Waals surface area contributed by atoms with E-state index in [9.17, 15) is 9.59 Å². The highest BCUT2D eigenvalue weighted by Crippen LogP contribution is 2.32. The van der Waals surface area contributed by atoms with Crippen molar-refractivity contribution in [1.29, 1.82) is 0 Å². The van der Waals surface area contributed by atoms with Gasteiger partial charge in [-0.3, -0.25) is 9.59 Å². The van der Waals surface area contributed by atoms with Crippen molar-refractivity contribution in [3.63, 3.8) is 0 Å². The number of nitrogens with one attached hydrogen (secondary N) is 2. The van der Waals surface area contributed by atoms with Gasteiger partial charge in [-0.1, -0.05) is 12.1 Å². The number of benzene rings is 3. The number of anilines is 1. The molecule has 0 bridgehead atoms. The third-order valence-corrected chi connectivity index (χ3v) is 5.26. The fourth-order valence-corrected chi connectivity index (χ4v) is 3.61. The van der Waals surface area contributed by atoms with Gasteiger partial charge in [0.25, 0.3) is 5.91 Å². The molecule has 1 aliphatic rings. The molecule has 32 heavy (non-hydrogen) atoms. The smallest absolute Gasteiger partial charge is 0.251 e. The summed E-state index contributed by atoms with van der Waals surface area (Å²) in [6, 6.07) is 20.3. The van der Waals surface area contributed by atoms with Crippen molar-refractivity contribution in [2.24, 2.45) is 7.05 Å². The van der Waals surface area contributed by atoms with Crippen LogP contribution in [0.4, 0.5) is 5.69 Å². The monoisotopic (exact) mass is 428 g/mol. The maximum Gasteiger partial charge on any atom is 0.251 e. The summed E-state index contributed by atoms with van der Waals surface area (Å²) in [7, 11) is 1.98. The molecule has 8 heteroatoms. The van der Waals surface area contributed by atoms with Crippen LogP contribution in [0.2, 0.25) is 0 Å². The second-order valence-corrected chi connectivity index (χ2v) is 7.36. The SMILES string of the molecule is Cn1c(-c2ccc(NC(=O)CNC(=O)c3ccc4c(c3)OCO4)cc2)nc2ccccc21. The van der Waals surface area contributed by atoms with Gasteiger partial charge in [0.2, 0.25) is 12.7 Å². The quantitative estimate of drug-likeness (QED) is 0.509. The Kier molecular flexibility index (Phi) is 4.95. The van der Waals surface area contributed by atoms with Crippen LogP contribution in [0.15, 0.2) is 66.7 Å². The Morgan fingerprint density at radius 2 is 1.78 bits per heavy atom. The van der Waals surface area contributed by atoms with Gasteiger partial charge in [0.05, 0.1) is 17.6 Å². The number of ether oxygens (including phenoxy) is 2. The van der Waals surface area contributed by atoms with E-state index in [0.717, 1.165) is 22.4 Å². The average Bonchev–Trinajstić information content (AvgIpc) is 3.42. The largest absolute Gasteiger partial charge is 0.454 e. The minimum Gasteiger partial charge on any atom is -0.454 e. The molecule has 1 aromatic heterocycles. The molecule has 5 rings (SSSR count). The highest BCUT2D eigenvalue weighted by Gasteiger charge is 2.17. The molecular weight excluding hydrogens is 408 g/mol. The molecule has 0 aliphatic carbocycles. The molecule has 0 saturated carbocycles. The molecule has 1 aliphatic heterocycles. The van der Waals surface area contributed by atoms with Crippen molar-refractivity contribution in [3.05, 3.63) is 72.3 Å². The number of rotatable bonds is 5. The van der Waals surface area contributed by atoms with Gasteiger partial charge in [0.1, 0.15) is 5.82 Å². The predicted octanol–water partition coefficient (Wildman–Crippen LogP) is 3.34. The zero-order chi connectivity index (χ0) is 22.1. The minimum atomic E-state index is -0.365. The number of hydrogen-bond acceptors (Lipinski definition) is 5. The number of aromatic nitrogens is 2. The number of para-hydroxylation sites is 2.